The summed E-state index contributed by atoms with van der Waals surface area (Å²) in [5, 5.41) is 2.30. The first-order valence-corrected chi connectivity index (χ1v) is 21.0. The lowest BCUT2D eigenvalue weighted by molar-refractivity contribution is -0.267. The molecule has 0 bridgehead atoms. The number of benzene rings is 5. The van der Waals surface area contributed by atoms with Gasteiger partial charge in [0.1, 0.15) is 30.2 Å². The highest BCUT2D eigenvalue weighted by Crippen LogP contribution is 2.39. The first-order chi connectivity index (χ1) is 26.4. The predicted molar refractivity (Wildman–Crippen MR) is 216 cm³/mol. The van der Waals surface area contributed by atoms with Gasteiger partial charge >= 0.3 is 0 Å². The maximum atomic E-state index is 7.31. The molecular weight excluding hydrogens is 689 g/mol. The monoisotopic (exact) mass is 740 g/mol. The maximum Gasteiger partial charge on any atom is 0.261 e. The summed E-state index contributed by atoms with van der Waals surface area (Å²) in [6, 6.07) is 52.2. The van der Waals surface area contributed by atoms with Crippen molar-refractivity contribution >= 4 is 18.7 Å². The highest BCUT2D eigenvalue weighted by molar-refractivity contribution is 6.99. The molecule has 5 aromatic rings. The standard InChI is InChI=1S/C47H52O6Si/c1-47(2,3)54(40-25-15-7-16-26-40,41-27-17-8-18-28-41)51-34-39-29-30-42-45(52-39)46(50-33-38-23-13-6-14-24-38)44(49-32-37-21-11-5-12-22-37)43(53-42)35-48-31-36-19-9-4-10-20-36/h4-29,42-46H,30-35H2,1-3H3/t42-,43+,44+,45-,46-/m0/s1. The summed E-state index contributed by atoms with van der Waals surface area (Å²) in [6.45, 7) is 8.88. The van der Waals surface area contributed by atoms with Crippen LogP contribution in [0.15, 0.2) is 163 Å². The van der Waals surface area contributed by atoms with Gasteiger partial charge in [0.15, 0.2) is 6.10 Å². The third-order valence-corrected chi connectivity index (χ3v) is 15.4. The van der Waals surface area contributed by atoms with Gasteiger partial charge < -0.3 is 28.1 Å². The van der Waals surface area contributed by atoms with Gasteiger partial charge in [0, 0.05) is 0 Å². The van der Waals surface area contributed by atoms with Crippen LogP contribution in [0.5, 0.6) is 0 Å². The molecule has 2 aliphatic rings. The van der Waals surface area contributed by atoms with E-state index in [1.54, 1.807) is 0 Å². The molecule has 6 nitrogen and oxygen atoms in total. The molecule has 0 amide bonds. The Morgan fingerprint density at radius 1 is 0.574 bits per heavy atom. The lowest BCUT2D eigenvalue weighted by atomic mass is 9.91. The fourth-order valence-corrected chi connectivity index (χ4v) is 12.3. The van der Waals surface area contributed by atoms with Gasteiger partial charge in [-0.25, -0.2) is 0 Å². The summed E-state index contributed by atoms with van der Waals surface area (Å²) in [4.78, 5) is 0. The smallest absolute Gasteiger partial charge is 0.261 e. The molecule has 0 unspecified atom stereocenters. The molecule has 0 aliphatic carbocycles. The Balaban J connectivity index is 1.17. The molecule has 0 aromatic heterocycles. The van der Waals surface area contributed by atoms with Crippen LogP contribution >= 0.6 is 0 Å². The molecule has 1 saturated heterocycles. The van der Waals surface area contributed by atoms with E-state index in [4.69, 9.17) is 28.1 Å². The maximum absolute atomic E-state index is 7.31. The molecule has 0 spiro atoms. The van der Waals surface area contributed by atoms with Gasteiger partial charge in [-0.05, 0) is 44.6 Å². The summed E-state index contributed by atoms with van der Waals surface area (Å²) in [6.07, 6.45) is 0.881. The summed E-state index contributed by atoms with van der Waals surface area (Å²) in [5.41, 5.74) is 3.27. The van der Waals surface area contributed by atoms with Crippen LogP contribution in [-0.4, -0.2) is 52.1 Å². The molecule has 2 heterocycles. The van der Waals surface area contributed by atoms with Gasteiger partial charge in [-0.2, -0.15) is 0 Å². The van der Waals surface area contributed by atoms with Crippen molar-refractivity contribution in [2.45, 2.75) is 82.6 Å². The third kappa shape index (κ3) is 8.95. The second kappa shape index (κ2) is 17.9. The largest absolute Gasteiger partial charge is 0.487 e. The Hall–Kier alpha value is -4.34. The van der Waals surface area contributed by atoms with E-state index < -0.39 is 26.6 Å². The quantitative estimate of drug-likeness (QED) is 0.101. The minimum absolute atomic E-state index is 0.161. The number of ether oxygens (including phenoxy) is 5. The number of fused-ring (bicyclic) bond motifs is 1. The molecule has 0 saturated carbocycles. The minimum atomic E-state index is -2.80. The Labute approximate surface area is 321 Å². The highest BCUT2D eigenvalue weighted by atomic mass is 28.4. The highest BCUT2D eigenvalue weighted by Gasteiger charge is 2.52. The molecule has 1 fully saturated rings. The van der Waals surface area contributed by atoms with Crippen LogP contribution in [-0.2, 0) is 47.9 Å². The van der Waals surface area contributed by atoms with Gasteiger partial charge in [-0.3, -0.25) is 0 Å². The van der Waals surface area contributed by atoms with E-state index in [9.17, 15) is 0 Å². The first kappa shape index (κ1) is 38.0. The third-order valence-electron chi connectivity index (χ3n) is 10.4. The number of hydrogen-bond acceptors (Lipinski definition) is 6. The van der Waals surface area contributed by atoms with Crippen LogP contribution in [0.4, 0.5) is 0 Å². The Kier molecular flexibility index (Phi) is 12.6. The van der Waals surface area contributed by atoms with Crippen LogP contribution in [0.2, 0.25) is 5.04 Å². The molecule has 5 aromatic carbocycles. The van der Waals surface area contributed by atoms with E-state index in [-0.39, 0.29) is 17.2 Å². The molecule has 7 heteroatoms. The average Bonchev–Trinajstić information content (AvgIpc) is 3.21. The van der Waals surface area contributed by atoms with Crippen LogP contribution in [0.3, 0.4) is 0 Å². The van der Waals surface area contributed by atoms with E-state index >= 15 is 0 Å². The van der Waals surface area contributed by atoms with Crippen molar-refractivity contribution in [3.8, 4) is 0 Å². The van der Waals surface area contributed by atoms with Crippen LogP contribution in [0.1, 0.15) is 43.9 Å². The van der Waals surface area contributed by atoms with Crippen molar-refractivity contribution in [3.05, 3.63) is 180 Å². The molecule has 5 atom stereocenters. The van der Waals surface area contributed by atoms with Crippen molar-refractivity contribution in [3.63, 3.8) is 0 Å². The molecule has 0 radical (unpaired) electrons. The zero-order chi connectivity index (χ0) is 37.2. The fourth-order valence-electron chi connectivity index (χ4n) is 7.75. The molecule has 0 N–H and O–H groups in total. The molecule has 54 heavy (non-hydrogen) atoms. The molecule has 7 rings (SSSR count). The zero-order valence-electron chi connectivity index (χ0n) is 31.6. The van der Waals surface area contributed by atoms with Crippen molar-refractivity contribution in [2.24, 2.45) is 0 Å². The van der Waals surface area contributed by atoms with E-state index in [1.807, 2.05) is 54.6 Å². The predicted octanol–water partition coefficient (Wildman–Crippen LogP) is 8.39. The van der Waals surface area contributed by atoms with E-state index in [2.05, 4.69) is 124 Å². The second-order valence-corrected chi connectivity index (χ2v) is 19.5. The topological polar surface area (TPSA) is 55.4 Å². The van der Waals surface area contributed by atoms with E-state index in [1.165, 1.54) is 10.4 Å². The SMILES string of the molecule is CC(C)(C)[Si](OCC1=CC[C@@H]2O[C@H](COCc3ccccc3)[C@@H](OCc3ccccc3)[C@H](OCc3ccccc3)[C@H]2O1)(c1ccccc1)c1ccccc1. The summed E-state index contributed by atoms with van der Waals surface area (Å²) < 4.78 is 41.1. The Bertz CT molecular complexity index is 1840. The van der Waals surface area contributed by atoms with Gasteiger partial charge in [-0.1, -0.05) is 172 Å². The lowest BCUT2D eigenvalue weighted by Gasteiger charge is -2.48. The summed E-state index contributed by atoms with van der Waals surface area (Å²) >= 11 is 0. The molecule has 2 aliphatic heterocycles. The number of hydrogen-bond donors (Lipinski definition) is 0. The fraction of sp³-hybridized carbons (Fsp3) is 0.319. The first-order valence-electron chi connectivity index (χ1n) is 19.1. The van der Waals surface area contributed by atoms with Crippen molar-refractivity contribution in [1.82, 2.24) is 0 Å². The summed E-state index contributed by atoms with van der Waals surface area (Å²) in [7, 11) is -2.80. The molecular formula is C47H52O6Si. The summed E-state index contributed by atoms with van der Waals surface area (Å²) in [5.74, 6) is 0.793. The van der Waals surface area contributed by atoms with Gasteiger partial charge in [-0.15, -0.1) is 0 Å². The Morgan fingerprint density at radius 3 is 1.54 bits per heavy atom. The van der Waals surface area contributed by atoms with E-state index in [0.717, 1.165) is 22.4 Å². The lowest BCUT2D eigenvalue weighted by Crippen LogP contribution is -2.67. The molecule has 280 valence electrons. The normalized spacial score (nSPS) is 21.5. The number of rotatable bonds is 15. The second-order valence-electron chi connectivity index (χ2n) is 15.2. The van der Waals surface area contributed by atoms with Crippen LogP contribution < -0.4 is 10.4 Å². The minimum Gasteiger partial charge on any atom is -0.487 e. The van der Waals surface area contributed by atoms with Crippen molar-refractivity contribution < 1.29 is 28.1 Å². The Morgan fingerprint density at radius 2 is 1.04 bits per heavy atom. The van der Waals surface area contributed by atoms with E-state index in [0.29, 0.717) is 39.5 Å². The van der Waals surface area contributed by atoms with Gasteiger partial charge in [0.25, 0.3) is 8.32 Å². The van der Waals surface area contributed by atoms with Crippen molar-refractivity contribution in [1.29, 1.82) is 0 Å². The van der Waals surface area contributed by atoms with Gasteiger partial charge in [0.2, 0.25) is 0 Å². The van der Waals surface area contributed by atoms with Crippen LogP contribution in [0, 0.1) is 0 Å². The van der Waals surface area contributed by atoms with Crippen molar-refractivity contribution in [2.75, 3.05) is 13.2 Å². The van der Waals surface area contributed by atoms with Gasteiger partial charge in [0.05, 0.1) is 33.0 Å². The van der Waals surface area contributed by atoms with Crippen LogP contribution in [0.25, 0.3) is 0 Å². The zero-order valence-corrected chi connectivity index (χ0v) is 32.6. The average molecular weight is 741 g/mol.